The summed E-state index contributed by atoms with van der Waals surface area (Å²) in [6.45, 7) is -8.15. The number of carbonyl (C=O) groups is 13. The highest BCUT2D eigenvalue weighted by molar-refractivity contribution is 5.80. The van der Waals surface area contributed by atoms with E-state index in [1.54, 1.807) is 0 Å². The number of hydrogen-bond acceptors (Lipinski definition) is 25. The van der Waals surface area contributed by atoms with Gasteiger partial charge in [0.05, 0.1) is 216 Å². The van der Waals surface area contributed by atoms with Gasteiger partial charge < -0.3 is 119 Å². The van der Waals surface area contributed by atoms with Gasteiger partial charge in [0.2, 0.25) is 17.7 Å². The topological polar surface area (TPSA) is 551 Å². The van der Waals surface area contributed by atoms with Crippen LogP contribution in [0.4, 0.5) is 0 Å². The highest BCUT2D eigenvalue weighted by Crippen LogP contribution is 2.27. The Hall–Kier alpha value is -7.17. The lowest BCUT2D eigenvalue weighted by Crippen LogP contribution is -2.59. The number of Topliss-reactive ketones (excluding diaryl/α,β-unsaturated/α-hetero) is 1. The molecule has 0 saturated heterocycles. The molecule has 0 aliphatic heterocycles. The summed E-state index contributed by atoms with van der Waals surface area (Å²) in [5, 5.41) is 90.9. The van der Waals surface area contributed by atoms with Crippen LogP contribution in [0.3, 0.4) is 0 Å². The molecule has 0 bridgehead atoms. The van der Waals surface area contributed by atoms with Crippen molar-refractivity contribution in [1.29, 1.82) is 0 Å². The second-order valence-electron chi connectivity index (χ2n) is 22.0. The third kappa shape index (κ3) is 49.1. The number of carboxylic acids is 9. The first-order chi connectivity index (χ1) is 45.0. The van der Waals surface area contributed by atoms with E-state index in [9.17, 15) is 108 Å². The Bertz CT molecular complexity index is 1940. The second-order valence-corrected chi connectivity index (χ2v) is 22.0. The Labute approximate surface area is 547 Å². The van der Waals surface area contributed by atoms with Gasteiger partial charge in [0.15, 0.2) is 0 Å². The molecule has 0 atom stereocenters. The van der Waals surface area contributed by atoms with Crippen LogP contribution in [0.5, 0.6) is 0 Å². The van der Waals surface area contributed by atoms with Crippen LogP contribution in [0, 0.1) is 5.41 Å². The van der Waals surface area contributed by atoms with Gasteiger partial charge in [-0.2, -0.15) is 0 Å². The van der Waals surface area contributed by atoms with Gasteiger partial charge in [-0.1, -0.05) is 13.3 Å². The maximum absolute atomic E-state index is 13.9. The molecule has 546 valence electrons. The third-order valence-electron chi connectivity index (χ3n) is 12.8. The SMILES string of the molecule is CCCCC(=O)CC(COCCC(=O)NC(COCCC(=O)O)(COCCC(=O)O)COCCC(=O)O)(COCCC(=O)NC(COCCC(=O)O)(COCCC(=O)O)COCCC(=O)O)COCCC(=O)NC(COCCC(=O)O)(COCCC(=O)O)COCCC(=O)O. The lowest BCUT2D eigenvalue weighted by atomic mass is 9.84. The summed E-state index contributed by atoms with van der Waals surface area (Å²) in [7, 11) is 0. The maximum atomic E-state index is 13.9. The molecule has 0 aromatic rings. The van der Waals surface area contributed by atoms with Crippen LogP contribution >= 0.6 is 0 Å². The van der Waals surface area contributed by atoms with E-state index in [2.05, 4.69) is 16.0 Å². The van der Waals surface area contributed by atoms with Gasteiger partial charge in [0.1, 0.15) is 22.4 Å². The molecule has 0 saturated carbocycles. The van der Waals surface area contributed by atoms with E-state index in [0.29, 0.717) is 12.8 Å². The van der Waals surface area contributed by atoms with Gasteiger partial charge in [0.25, 0.3) is 0 Å². The molecule has 12 N–H and O–H groups in total. The van der Waals surface area contributed by atoms with Crippen molar-refractivity contribution >= 4 is 77.2 Å². The molecule has 0 spiro atoms. The van der Waals surface area contributed by atoms with Gasteiger partial charge in [-0.25, -0.2) is 0 Å². The van der Waals surface area contributed by atoms with Crippen LogP contribution in [-0.4, -0.2) is 298 Å². The second kappa shape index (κ2) is 52.1. The number of carbonyl (C=O) groups excluding carboxylic acids is 4. The Morgan fingerprint density at radius 3 is 0.589 bits per heavy atom. The first-order valence-electron chi connectivity index (χ1n) is 30.3. The van der Waals surface area contributed by atoms with Gasteiger partial charge in [-0.3, -0.25) is 62.3 Å². The zero-order chi connectivity index (χ0) is 71.4. The Morgan fingerprint density at radius 2 is 0.421 bits per heavy atom. The number of ketones is 1. The number of carboxylic acid groups (broad SMARTS) is 9. The van der Waals surface area contributed by atoms with Crippen molar-refractivity contribution in [3.8, 4) is 0 Å². The number of rotatable bonds is 68. The van der Waals surface area contributed by atoms with E-state index in [4.69, 9.17) is 56.8 Å². The molecule has 0 fully saturated rings. The molecule has 3 amide bonds. The average Bonchev–Trinajstić information content (AvgIpc) is 1.50. The van der Waals surface area contributed by atoms with Crippen LogP contribution < -0.4 is 16.0 Å². The Morgan fingerprint density at radius 1 is 0.253 bits per heavy atom. The van der Waals surface area contributed by atoms with Crippen molar-refractivity contribution in [1.82, 2.24) is 16.0 Å². The van der Waals surface area contributed by atoms with Crippen LogP contribution in [0.25, 0.3) is 0 Å². The van der Waals surface area contributed by atoms with Gasteiger partial charge in [0, 0.05) is 37.5 Å². The molecule has 0 aromatic heterocycles. The number of amides is 3. The summed E-state index contributed by atoms with van der Waals surface area (Å²) in [5.41, 5.74) is -6.50. The molecule has 37 nitrogen and oxygen atoms in total. The highest BCUT2D eigenvalue weighted by atomic mass is 16.5. The minimum atomic E-state index is -1.66. The molecule has 0 radical (unpaired) electrons. The van der Waals surface area contributed by atoms with Crippen LogP contribution in [0.15, 0.2) is 0 Å². The smallest absolute Gasteiger partial charge is 0.305 e. The molecular formula is C58H95N3O34. The predicted molar refractivity (Wildman–Crippen MR) is 318 cm³/mol. The fourth-order valence-electron chi connectivity index (χ4n) is 8.14. The molecule has 0 unspecified atom stereocenters. The monoisotopic (exact) mass is 1380 g/mol. The summed E-state index contributed by atoms with van der Waals surface area (Å²) in [5.74, 6) is -13.6. The van der Waals surface area contributed by atoms with Gasteiger partial charge in [-0.15, -0.1) is 0 Å². The fraction of sp³-hybridized carbons (Fsp3) is 0.776. The lowest BCUT2D eigenvalue weighted by Gasteiger charge is -2.35. The third-order valence-corrected chi connectivity index (χ3v) is 12.8. The number of hydrogen-bond donors (Lipinski definition) is 12. The lowest BCUT2D eigenvalue weighted by molar-refractivity contribution is -0.142. The predicted octanol–water partition coefficient (Wildman–Crippen LogP) is -0.671. The van der Waals surface area contributed by atoms with Crippen molar-refractivity contribution in [2.24, 2.45) is 5.41 Å². The summed E-state index contributed by atoms with van der Waals surface area (Å²) in [6, 6.07) is 0. The molecule has 0 aliphatic carbocycles. The van der Waals surface area contributed by atoms with E-state index < -0.39 is 270 Å². The minimum Gasteiger partial charge on any atom is -0.481 e. The fourth-order valence-corrected chi connectivity index (χ4v) is 8.14. The Balaban J connectivity index is 7.34. The molecule has 0 rings (SSSR count). The summed E-state index contributed by atoms with van der Waals surface area (Å²) >= 11 is 0. The highest BCUT2D eigenvalue weighted by Gasteiger charge is 2.39. The van der Waals surface area contributed by atoms with E-state index in [-0.39, 0.29) is 78.1 Å². The molecule has 37 heteroatoms. The van der Waals surface area contributed by atoms with Crippen LogP contribution in [0.1, 0.15) is 110 Å². The zero-order valence-electron chi connectivity index (χ0n) is 53.5. The number of aliphatic carboxylic acids is 9. The van der Waals surface area contributed by atoms with E-state index in [1.807, 2.05) is 6.92 Å². The van der Waals surface area contributed by atoms with Crippen molar-refractivity contribution in [3.05, 3.63) is 0 Å². The van der Waals surface area contributed by atoms with E-state index in [1.165, 1.54) is 0 Å². The Kier molecular flexibility index (Phi) is 48.1. The maximum Gasteiger partial charge on any atom is 0.305 e. The van der Waals surface area contributed by atoms with Crippen molar-refractivity contribution < 1.29 is 165 Å². The van der Waals surface area contributed by atoms with Gasteiger partial charge >= 0.3 is 53.7 Å². The normalized spacial score (nSPS) is 11.8. The van der Waals surface area contributed by atoms with Gasteiger partial charge in [-0.05, 0) is 6.42 Å². The summed E-state index contributed by atoms with van der Waals surface area (Å²) < 4.78 is 68.4. The van der Waals surface area contributed by atoms with E-state index in [0.717, 1.165) is 0 Å². The van der Waals surface area contributed by atoms with Crippen molar-refractivity contribution in [3.63, 3.8) is 0 Å². The van der Waals surface area contributed by atoms with Crippen LogP contribution in [0.2, 0.25) is 0 Å². The van der Waals surface area contributed by atoms with E-state index >= 15 is 0 Å². The first-order valence-corrected chi connectivity index (χ1v) is 30.3. The summed E-state index contributed by atoms with van der Waals surface area (Å²) in [6.07, 6.45) is -4.83. The molecule has 0 aromatic carbocycles. The molecular weight excluding hydrogens is 1280 g/mol. The first kappa shape index (κ1) is 87.8. The zero-order valence-corrected chi connectivity index (χ0v) is 53.5. The van der Waals surface area contributed by atoms with Crippen molar-refractivity contribution in [2.75, 3.05) is 159 Å². The molecule has 0 heterocycles. The minimum absolute atomic E-state index is 0.0462. The number of nitrogens with one attached hydrogen (secondary N) is 3. The number of ether oxygens (including phenoxy) is 12. The van der Waals surface area contributed by atoms with Crippen LogP contribution in [-0.2, 0) is 119 Å². The molecule has 95 heavy (non-hydrogen) atoms. The quantitative estimate of drug-likeness (QED) is 0.0336. The van der Waals surface area contributed by atoms with Crippen molar-refractivity contribution in [2.45, 2.75) is 126 Å². The average molecular weight is 1380 g/mol. The largest absolute Gasteiger partial charge is 0.481 e. The number of unbranched alkanes of at least 4 members (excludes halogenated alkanes) is 1. The standard InChI is InChI=1S/C58H95N3O34/c1-2-3-4-42(62)29-55(30-84-17-5-43(63)59-56(33-87-20-8-46(66)67,34-88-21-9-47(68)69)35-89-22-10-48(70)71,31-85-18-6-44(64)60-57(36-90-23-11-49(72)73,37-91-24-12-50(74)75)38-92-25-13-51(76)77)32-86-19-7-45(65)61-58(39-93-26-14-52(78)79,40-94-27-15-53(80)81)41-95-28-16-54(82)83/h2-41H2,1H3,(H,59,63)(H,60,64)(H,61,65)(H,66,67)(H,68,69)(H,70,71)(H,72,73)(H,74,75)(H,76,77)(H,78,79)(H,80,81)(H,82,83). The molecule has 0 aliphatic rings. The summed E-state index contributed by atoms with van der Waals surface area (Å²) in [4.78, 5) is 157.